The fourth-order valence-corrected chi connectivity index (χ4v) is 2.14. The van der Waals surface area contributed by atoms with E-state index in [0.29, 0.717) is 11.2 Å². The number of hydrogen-bond donors (Lipinski definition) is 2. The minimum Gasteiger partial charge on any atom is -0.374 e. The zero-order valence-corrected chi connectivity index (χ0v) is 6.97. The molecule has 5 heteroatoms. The minimum absolute atomic E-state index is 0.532. The quantitative estimate of drug-likeness (QED) is 0.599. The van der Waals surface area contributed by atoms with Gasteiger partial charge >= 0.3 is 0 Å². The first-order valence-electron chi connectivity index (χ1n) is 3.78. The van der Waals surface area contributed by atoms with E-state index >= 15 is 0 Å². The summed E-state index contributed by atoms with van der Waals surface area (Å²) in [4.78, 5) is 0. The molecule has 0 spiro atoms. The molecule has 1 aromatic rings. The molecular formula is C6H11N4S+. The van der Waals surface area contributed by atoms with Crippen molar-refractivity contribution in [2.24, 2.45) is 0 Å². The second kappa shape index (κ2) is 2.75. The van der Waals surface area contributed by atoms with E-state index in [9.17, 15) is 0 Å². The normalized spacial score (nSPS) is 24.2. The van der Waals surface area contributed by atoms with Gasteiger partial charge in [0.15, 0.2) is 5.01 Å². The fourth-order valence-electron chi connectivity index (χ4n) is 1.40. The SMILES string of the molecule is Nc1nnc([C@@H]2CCC[NH2+]2)s1. The Kier molecular flexibility index (Phi) is 1.75. The molecule has 2 heterocycles. The molecule has 0 bridgehead atoms. The average molecular weight is 171 g/mol. The Bertz CT molecular complexity index is 240. The third kappa shape index (κ3) is 1.34. The summed E-state index contributed by atoms with van der Waals surface area (Å²) in [6, 6.07) is 0.532. The number of aromatic nitrogens is 2. The third-order valence-electron chi connectivity index (χ3n) is 1.94. The average Bonchev–Trinajstić information content (AvgIpc) is 2.55. The molecular weight excluding hydrogens is 160 g/mol. The Morgan fingerprint density at radius 1 is 1.55 bits per heavy atom. The molecule has 4 nitrogen and oxygen atoms in total. The van der Waals surface area contributed by atoms with Gasteiger partial charge in [0.1, 0.15) is 6.04 Å². The molecule has 0 unspecified atom stereocenters. The molecule has 11 heavy (non-hydrogen) atoms. The van der Waals surface area contributed by atoms with Crippen molar-refractivity contribution < 1.29 is 5.32 Å². The summed E-state index contributed by atoms with van der Waals surface area (Å²) in [7, 11) is 0. The molecule has 0 saturated carbocycles. The maximum absolute atomic E-state index is 5.48. The van der Waals surface area contributed by atoms with Gasteiger partial charge in [-0.2, -0.15) is 0 Å². The van der Waals surface area contributed by atoms with Crippen LogP contribution in [0.3, 0.4) is 0 Å². The van der Waals surface area contributed by atoms with Crippen molar-refractivity contribution in [3.8, 4) is 0 Å². The largest absolute Gasteiger partial charge is 0.374 e. The summed E-state index contributed by atoms with van der Waals surface area (Å²) in [5, 5.41) is 11.8. The van der Waals surface area contributed by atoms with Gasteiger partial charge in [0.25, 0.3) is 0 Å². The summed E-state index contributed by atoms with van der Waals surface area (Å²) in [5.74, 6) is 0. The smallest absolute Gasteiger partial charge is 0.203 e. The highest BCUT2D eigenvalue weighted by Gasteiger charge is 2.23. The maximum Gasteiger partial charge on any atom is 0.203 e. The van der Waals surface area contributed by atoms with Crippen molar-refractivity contribution in [3.63, 3.8) is 0 Å². The van der Waals surface area contributed by atoms with Gasteiger partial charge in [0.2, 0.25) is 5.13 Å². The van der Waals surface area contributed by atoms with E-state index in [0.717, 1.165) is 5.01 Å². The lowest BCUT2D eigenvalue weighted by atomic mass is 10.2. The van der Waals surface area contributed by atoms with Crippen molar-refractivity contribution in [2.75, 3.05) is 12.3 Å². The van der Waals surface area contributed by atoms with E-state index < -0.39 is 0 Å². The van der Waals surface area contributed by atoms with Gasteiger partial charge in [-0.25, -0.2) is 0 Å². The maximum atomic E-state index is 5.48. The van der Waals surface area contributed by atoms with Crippen molar-refractivity contribution in [1.29, 1.82) is 0 Å². The van der Waals surface area contributed by atoms with Crippen LogP contribution in [0.4, 0.5) is 5.13 Å². The fraction of sp³-hybridized carbons (Fsp3) is 0.667. The van der Waals surface area contributed by atoms with Crippen molar-refractivity contribution >= 4 is 16.5 Å². The summed E-state index contributed by atoms with van der Waals surface area (Å²) < 4.78 is 0. The molecule has 1 atom stereocenters. The second-order valence-corrected chi connectivity index (χ2v) is 3.79. The number of nitrogens with zero attached hydrogens (tertiary/aromatic N) is 2. The van der Waals surface area contributed by atoms with Gasteiger partial charge in [-0.15, -0.1) is 10.2 Å². The van der Waals surface area contributed by atoms with Crippen LogP contribution in [-0.2, 0) is 0 Å². The lowest BCUT2D eigenvalue weighted by molar-refractivity contribution is -0.676. The van der Waals surface area contributed by atoms with E-state index in [1.54, 1.807) is 0 Å². The topological polar surface area (TPSA) is 68.4 Å². The van der Waals surface area contributed by atoms with Crippen LogP contribution in [0, 0.1) is 0 Å². The third-order valence-corrected chi connectivity index (χ3v) is 2.83. The molecule has 0 amide bonds. The van der Waals surface area contributed by atoms with E-state index in [2.05, 4.69) is 15.5 Å². The molecule has 1 aromatic heterocycles. The van der Waals surface area contributed by atoms with Gasteiger partial charge in [-0.1, -0.05) is 11.3 Å². The number of nitrogen functional groups attached to an aromatic ring is 1. The van der Waals surface area contributed by atoms with Gasteiger partial charge in [0, 0.05) is 12.8 Å². The number of nitrogens with two attached hydrogens (primary N) is 2. The molecule has 0 aliphatic carbocycles. The van der Waals surface area contributed by atoms with E-state index in [1.165, 1.54) is 30.7 Å². The van der Waals surface area contributed by atoms with Crippen LogP contribution in [0.15, 0.2) is 0 Å². The zero-order chi connectivity index (χ0) is 7.68. The van der Waals surface area contributed by atoms with Crippen LogP contribution in [0.5, 0.6) is 0 Å². The van der Waals surface area contributed by atoms with Crippen LogP contribution in [0.25, 0.3) is 0 Å². The summed E-state index contributed by atoms with van der Waals surface area (Å²) in [6.07, 6.45) is 2.50. The number of rotatable bonds is 1. The highest BCUT2D eigenvalue weighted by Crippen LogP contribution is 2.21. The molecule has 1 aliphatic heterocycles. The van der Waals surface area contributed by atoms with Gasteiger partial charge < -0.3 is 11.1 Å². The first kappa shape index (κ1) is 7.00. The van der Waals surface area contributed by atoms with Gasteiger partial charge in [-0.3, -0.25) is 0 Å². The lowest BCUT2D eigenvalue weighted by Crippen LogP contribution is -2.81. The molecule has 60 valence electrons. The predicted octanol–water partition coefficient (Wildman–Crippen LogP) is -0.481. The Hall–Kier alpha value is -0.680. The lowest BCUT2D eigenvalue weighted by Gasteiger charge is -1.98. The van der Waals surface area contributed by atoms with Crippen LogP contribution in [0.2, 0.25) is 0 Å². The number of quaternary nitrogens is 1. The van der Waals surface area contributed by atoms with Crippen LogP contribution >= 0.6 is 11.3 Å². The molecule has 1 fully saturated rings. The summed E-state index contributed by atoms with van der Waals surface area (Å²) in [6.45, 7) is 1.21. The zero-order valence-electron chi connectivity index (χ0n) is 6.16. The van der Waals surface area contributed by atoms with E-state index in [-0.39, 0.29) is 0 Å². The summed E-state index contributed by atoms with van der Waals surface area (Å²) >= 11 is 1.51. The van der Waals surface area contributed by atoms with Crippen LogP contribution < -0.4 is 11.1 Å². The Balaban J connectivity index is 2.15. The monoisotopic (exact) mass is 171 g/mol. The van der Waals surface area contributed by atoms with Crippen LogP contribution in [0.1, 0.15) is 23.9 Å². The highest BCUT2D eigenvalue weighted by molar-refractivity contribution is 7.15. The second-order valence-electron chi connectivity index (χ2n) is 2.75. The summed E-state index contributed by atoms with van der Waals surface area (Å²) in [5.41, 5.74) is 5.48. The van der Waals surface area contributed by atoms with Crippen molar-refractivity contribution in [3.05, 3.63) is 5.01 Å². The van der Waals surface area contributed by atoms with E-state index in [4.69, 9.17) is 5.73 Å². The molecule has 0 radical (unpaired) electrons. The Morgan fingerprint density at radius 2 is 2.45 bits per heavy atom. The van der Waals surface area contributed by atoms with Gasteiger partial charge in [0.05, 0.1) is 6.54 Å². The van der Waals surface area contributed by atoms with Gasteiger partial charge in [-0.05, 0) is 0 Å². The Labute approximate surface area is 68.8 Å². The molecule has 4 N–H and O–H groups in total. The first-order valence-corrected chi connectivity index (χ1v) is 4.60. The predicted molar refractivity (Wildman–Crippen MR) is 43.1 cm³/mol. The van der Waals surface area contributed by atoms with E-state index in [1.807, 2.05) is 0 Å². The molecule has 2 rings (SSSR count). The highest BCUT2D eigenvalue weighted by atomic mass is 32.1. The standard InChI is InChI=1S/C6H10N4S/c7-6-10-9-5(11-6)4-2-1-3-8-4/h4,8H,1-3H2,(H2,7,10)/p+1/t4-/m0/s1. The molecule has 0 aromatic carbocycles. The van der Waals surface area contributed by atoms with Crippen molar-refractivity contribution in [2.45, 2.75) is 18.9 Å². The minimum atomic E-state index is 0.532. The Morgan fingerprint density at radius 3 is 3.00 bits per heavy atom. The first-order chi connectivity index (χ1) is 5.36. The number of hydrogen-bond acceptors (Lipinski definition) is 4. The number of anilines is 1. The van der Waals surface area contributed by atoms with Crippen LogP contribution in [-0.4, -0.2) is 16.7 Å². The molecule has 1 saturated heterocycles. The molecule has 1 aliphatic rings. The van der Waals surface area contributed by atoms with Crippen molar-refractivity contribution in [1.82, 2.24) is 10.2 Å².